The fourth-order valence-corrected chi connectivity index (χ4v) is 5.55. The van der Waals surface area contributed by atoms with Crippen molar-refractivity contribution in [1.82, 2.24) is 35.2 Å². The van der Waals surface area contributed by atoms with E-state index in [-0.39, 0.29) is 31.1 Å². The Hall–Kier alpha value is -3.66. The Morgan fingerprint density at radius 2 is 2.02 bits per heavy atom. The molecule has 236 valence electrons. The SMILES string of the molecule is CCC(CC)O[C@@H]1C=C(C(=O)NCCc2cn([C@H]3C[C@H](n4cc(C)c(=O)[nH]c4=O)O[C@@H]3CO)nn2)C[C@H](N)[C@H]1NC(C)=O. The third kappa shape index (κ3) is 7.65. The molecule has 1 saturated heterocycles. The summed E-state index contributed by atoms with van der Waals surface area (Å²) in [6, 6.07) is -1.32. The van der Waals surface area contributed by atoms with Crippen LogP contribution >= 0.6 is 0 Å². The predicted molar refractivity (Wildman–Crippen MR) is 155 cm³/mol. The minimum Gasteiger partial charge on any atom is -0.394 e. The highest BCUT2D eigenvalue weighted by Crippen LogP contribution is 2.35. The maximum Gasteiger partial charge on any atom is 0.330 e. The van der Waals surface area contributed by atoms with E-state index in [1.54, 1.807) is 23.9 Å². The van der Waals surface area contributed by atoms with Crippen LogP contribution in [0.3, 0.4) is 0 Å². The molecule has 1 aliphatic heterocycles. The molecule has 3 heterocycles. The quantitative estimate of drug-likeness (QED) is 0.207. The van der Waals surface area contributed by atoms with E-state index in [1.807, 2.05) is 13.8 Å². The number of aryl methyl sites for hydroxylation is 1. The molecule has 2 aliphatic rings. The van der Waals surface area contributed by atoms with Crippen LogP contribution in [-0.4, -0.2) is 85.0 Å². The molecule has 0 unspecified atom stereocenters. The lowest BCUT2D eigenvalue weighted by atomic mass is 9.87. The smallest absolute Gasteiger partial charge is 0.330 e. The van der Waals surface area contributed by atoms with Crippen molar-refractivity contribution in [1.29, 1.82) is 0 Å². The van der Waals surface area contributed by atoms with Gasteiger partial charge < -0.3 is 30.9 Å². The molecule has 1 aliphatic carbocycles. The van der Waals surface area contributed by atoms with Gasteiger partial charge in [-0.05, 0) is 32.3 Å². The molecule has 0 spiro atoms. The third-order valence-electron chi connectivity index (χ3n) is 7.96. The lowest BCUT2D eigenvalue weighted by Crippen LogP contribution is -2.57. The van der Waals surface area contributed by atoms with Gasteiger partial charge in [-0.1, -0.05) is 19.1 Å². The molecule has 15 heteroatoms. The number of aliphatic hydroxyl groups excluding tert-OH is 1. The minimum atomic E-state index is -0.699. The van der Waals surface area contributed by atoms with Gasteiger partial charge in [0, 0.05) is 55.9 Å². The van der Waals surface area contributed by atoms with Crippen LogP contribution < -0.4 is 27.6 Å². The lowest BCUT2D eigenvalue weighted by Gasteiger charge is -2.36. The third-order valence-corrected chi connectivity index (χ3v) is 7.96. The Balaban J connectivity index is 1.37. The summed E-state index contributed by atoms with van der Waals surface area (Å²) in [7, 11) is 0. The van der Waals surface area contributed by atoms with Crippen molar-refractivity contribution in [2.24, 2.45) is 5.73 Å². The summed E-state index contributed by atoms with van der Waals surface area (Å²) < 4.78 is 15.0. The second-order valence-electron chi connectivity index (χ2n) is 11.1. The normalized spacial score (nSPS) is 25.5. The van der Waals surface area contributed by atoms with Crippen LogP contribution in [-0.2, 0) is 25.5 Å². The van der Waals surface area contributed by atoms with Crippen molar-refractivity contribution in [2.45, 2.75) is 102 Å². The molecule has 2 aromatic rings. The number of ether oxygens (including phenoxy) is 2. The Bertz CT molecular complexity index is 1430. The molecule has 2 aromatic heterocycles. The number of nitrogens with one attached hydrogen (secondary N) is 3. The summed E-state index contributed by atoms with van der Waals surface area (Å²) in [5.41, 5.74) is 6.80. The van der Waals surface area contributed by atoms with E-state index >= 15 is 0 Å². The Morgan fingerprint density at radius 1 is 1.28 bits per heavy atom. The van der Waals surface area contributed by atoms with Crippen molar-refractivity contribution in [3.63, 3.8) is 0 Å². The first-order valence-corrected chi connectivity index (χ1v) is 14.7. The van der Waals surface area contributed by atoms with Gasteiger partial charge in [-0.15, -0.1) is 5.10 Å². The molecule has 43 heavy (non-hydrogen) atoms. The number of amides is 2. The van der Waals surface area contributed by atoms with Gasteiger partial charge in [0.25, 0.3) is 5.56 Å². The first-order chi connectivity index (χ1) is 20.5. The number of nitrogens with zero attached hydrogens (tertiary/aromatic N) is 4. The number of carbonyl (C=O) groups excluding carboxylic acids is 2. The van der Waals surface area contributed by atoms with Crippen LogP contribution in [0.25, 0.3) is 0 Å². The van der Waals surface area contributed by atoms with Crippen LogP contribution in [0.5, 0.6) is 0 Å². The van der Waals surface area contributed by atoms with E-state index in [0.717, 1.165) is 12.8 Å². The van der Waals surface area contributed by atoms with Gasteiger partial charge in [0.1, 0.15) is 12.3 Å². The number of aliphatic hydroxyl groups is 1. The second kappa shape index (κ2) is 14.2. The Kier molecular flexibility index (Phi) is 10.7. The summed E-state index contributed by atoms with van der Waals surface area (Å²) in [5.74, 6) is -0.477. The highest BCUT2D eigenvalue weighted by atomic mass is 16.5. The van der Waals surface area contributed by atoms with Crippen molar-refractivity contribution in [3.8, 4) is 0 Å². The predicted octanol–water partition coefficient (Wildman–Crippen LogP) is -0.648. The number of nitrogens with two attached hydrogens (primary N) is 1. The summed E-state index contributed by atoms with van der Waals surface area (Å²) in [6.45, 7) is 7.06. The number of hydrogen-bond acceptors (Lipinski definition) is 10. The molecule has 1 fully saturated rings. The lowest BCUT2D eigenvalue weighted by molar-refractivity contribution is -0.121. The van der Waals surface area contributed by atoms with E-state index in [4.69, 9.17) is 15.2 Å². The zero-order chi connectivity index (χ0) is 31.3. The molecule has 0 saturated carbocycles. The van der Waals surface area contributed by atoms with Gasteiger partial charge in [0.2, 0.25) is 11.8 Å². The zero-order valence-corrected chi connectivity index (χ0v) is 25.0. The van der Waals surface area contributed by atoms with Gasteiger partial charge >= 0.3 is 5.69 Å². The molecule has 0 bridgehead atoms. The summed E-state index contributed by atoms with van der Waals surface area (Å²) in [6.07, 6.45) is 5.63. The molecule has 4 rings (SSSR count). The van der Waals surface area contributed by atoms with E-state index < -0.39 is 47.8 Å². The fraction of sp³-hybridized carbons (Fsp3) is 0.643. The molecule has 0 aromatic carbocycles. The number of aromatic nitrogens is 5. The van der Waals surface area contributed by atoms with E-state index in [2.05, 4.69) is 25.9 Å². The number of H-pyrrole nitrogens is 1. The monoisotopic (exact) mass is 602 g/mol. The van der Waals surface area contributed by atoms with Crippen LogP contribution in [0.4, 0.5) is 0 Å². The summed E-state index contributed by atoms with van der Waals surface area (Å²) in [4.78, 5) is 51.2. The van der Waals surface area contributed by atoms with Crippen molar-refractivity contribution >= 4 is 11.8 Å². The molecular weight excluding hydrogens is 560 g/mol. The van der Waals surface area contributed by atoms with Gasteiger partial charge in [-0.3, -0.25) is 23.9 Å². The van der Waals surface area contributed by atoms with E-state index in [1.165, 1.54) is 17.7 Å². The first kappa shape index (κ1) is 32.3. The summed E-state index contributed by atoms with van der Waals surface area (Å²) in [5, 5.41) is 24.1. The van der Waals surface area contributed by atoms with Crippen LogP contribution in [0, 0.1) is 6.92 Å². The maximum absolute atomic E-state index is 13.1. The van der Waals surface area contributed by atoms with Crippen LogP contribution in [0.2, 0.25) is 0 Å². The standard InChI is InChI=1S/C28H42N8O7/c1-5-19(6-2)42-22-10-17(9-20(29)25(22)31-16(4)38)27(40)30-8-7-18-13-36(34-33-18)21-11-24(43-23(21)14-37)35-12-15(3)26(39)32-28(35)41/h10,12-13,19-25,37H,5-9,11,14,29H2,1-4H3,(H,30,40)(H,31,38)(H,32,39,41)/t20-,21-,22+,23+,24+,25+/m0/s1. The second-order valence-corrected chi connectivity index (χ2v) is 11.1. The van der Waals surface area contributed by atoms with Gasteiger partial charge in [-0.25, -0.2) is 9.48 Å². The van der Waals surface area contributed by atoms with Gasteiger partial charge in [-0.2, -0.15) is 0 Å². The molecule has 15 nitrogen and oxygen atoms in total. The highest BCUT2D eigenvalue weighted by Gasteiger charge is 2.39. The zero-order valence-electron chi connectivity index (χ0n) is 25.0. The largest absolute Gasteiger partial charge is 0.394 e. The average Bonchev–Trinajstić information content (AvgIpc) is 3.62. The molecule has 2 amide bonds. The van der Waals surface area contributed by atoms with Crippen LogP contribution in [0.15, 0.2) is 33.6 Å². The molecule has 0 radical (unpaired) electrons. The molecular formula is C28H42N8O7. The highest BCUT2D eigenvalue weighted by molar-refractivity contribution is 5.94. The van der Waals surface area contributed by atoms with Crippen molar-refractivity contribution in [2.75, 3.05) is 13.2 Å². The number of rotatable bonds is 12. The molecule has 6 atom stereocenters. The summed E-state index contributed by atoms with van der Waals surface area (Å²) >= 11 is 0. The van der Waals surface area contributed by atoms with Gasteiger partial charge in [0.15, 0.2) is 0 Å². The molecule has 6 N–H and O–H groups in total. The number of carbonyl (C=O) groups is 2. The minimum absolute atomic E-state index is 0.0255. The van der Waals surface area contributed by atoms with Crippen molar-refractivity contribution in [3.05, 3.63) is 56.1 Å². The van der Waals surface area contributed by atoms with Gasteiger partial charge in [0.05, 0.1) is 36.6 Å². The van der Waals surface area contributed by atoms with Crippen molar-refractivity contribution < 1.29 is 24.2 Å². The average molecular weight is 603 g/mol. The number of aromatic amines is 1. The number of hydrogen-bond donors (Lipinski definition) is 5. The maximum atomic E-state index is 13.1. The first-order valence-electron chi connectivity index (χ1n) is 14.7. The van der Waals surface area contributed by atoms with E-state index in [9.17, 15) is 24.3 Å². The fourth-order valence-electron chi connectivity index (χ4n) is 5.55. The van der Waals surface area contributed by atoms with E-state index in [0.29, 0.717) is 36.1 Å². The topological polar surface area (TPSA) is 208 Å². The Labute approximate surface area is 248 Å². The Morgan fingerprint density at radius 3 is 2.70 bits per heavy atom. The van der Waals surface area contributed by atoms with Crippen LogP contribution in [0.1, 0.15) is 70.0 Å².